The van der Waals surface area contributed by atoms with E-state index >= 15 is 0 Å². The van der Waals surface area contributed by atoms with E-state index in [2.05, 4.69) is 25.9 Å². The SMILES string of the molecule is CCC(C)C(N)C(=O)NC(CC(N)=O)C(=O)NC(CC(=O)O)C(=O)NC(Cc1cnc[nH]1)C(=O)O. The summed E-state index contributed by atoms with van der Waals surface area (Å²) in [6.45, 7) is 3.51. The summed E-state index contributed by atoms with van der Waals surface area (Å²) in [5.74, 6) is -7.01. The second kappa shape index (κ2) is 13.6. The maximum absolute atomic E-state index is 12.8. The van der Waals surface area contributed by atoms with E-state index in [-0.39, 0.29) is 12.3 Å². The van der Waals surface area contributed by atoms with Gasteiger partial charge in [-0.3, -0.25) is 24.0 Å². The van der Waals surface area contributed by atoms with Crippen molar-refractivity contribution in [2.45, 2.75) is 63.7 Å². The number of imidazole rings is 1. The van der Waals surface area contributed by atoms with Crippen molar-refractivity contribution in [3.05, 3.63) is 18.2 Å². The van der Waals surface area contributed by atoms with Crippen molar-refractivity contribution in [2.75, 3.05) is 0 Å². The molecule has 1 aromatic heterocycles. The Morgan fingerprint density at radius 3 is 1.97 bits per heavy atom. The number of carboxylic acids is 2. The summed E-state index contributed by atoms with van der Waals surface area (Å²) < 4.78 is 0. The highest BCUT2D eigenvalue weighted by atomic mass is 16.4. The van der Waals surface area contributed by atoms with Crippen molar-refractivity contribution in [1.29, 1.82) is 0 Å². The Hall–Kier alpha value is -4.01. The third-order valence-electron chi connectivity index (χ3n) is 5.20. The van der Waals surface area contributed by atoms with Crippen LogP contribution in [0.3, 0.4) is 0 Å². The number of nitrogens with zero attached hydrogens (tertiary/aromatic N) is 1. The number of amides is 4. The first-order chi connectivity index (χ1) is 16.3. The van der Waals surface area contributed by atoms with Crippen molar-refractivity contribution in [1.82, 2.24) is 25.9 Å². The number of carbonyl (C=O) groups excluding carboxylic acids is 4. The number of primary amides is 1. The molecule has 15 heteroatoms. The Morgan fingerprint density at radius 2 is 1.51 bits per heavy atom. The lowest BCUT2D eigenvalue weighted by Crippen LogP contribution is -2.58. The standard InChI is InChI=1S/C20H31N7O8/c1-3-9(2)16(22)19(33)26-11(5-14(21)28)17(31)25-12(6-15(29)30)18(32)27-13(20(34)35)4-10-7-23-8-24-10/h7-9,11-13,16H,3-6,22H2,1-2H3,(H2,21,28)(H,23,24)(H,25,31)(H,26,33)(H,27,32)(H,29,30)(H,34,35). The minimum absolute atomic E-state index is 0.192. The summed E-state index contributed by atoms with van der Waals surface area (Å²) in [7, 11) is 0. The Morgan fingerprint density at radius 1 is 0.971 bits per heavy atom. The highest BCUT2D eigenvalue weighted by Crippen LogP contribution is 2.07. The van der Waals surface area contributed by atoms with Gasteiger partial charge in [-0.05, 0) is 5.92 Å². The Balaban J connectivity index is 3.01. The zero-order valence-electron chi connectivity index (χ0n) is 19.3. The van der Waals surface area contributed by atoms with Crippen LogP contribution in [0.5, 0.6) is 0 Å². The van der Waals surface area contributed by atoms with Crippen molar-refractivity contribution in [3.8, 4) is 0 Å². The van der Waals surface area contributed by atoms with Crippen LogP contribution >= 0.6 is 0 Å². The smallest absolute Gasteiger partial charge is 0.326 e. The molecule has 0 aliphatic carbocycles. The van der Waals surface area contributed by atoms with Crippen molar-refractivity contribution < 1.29 is 39.0 Å². The van der Waals surface area contributed by atoms with Gasteiger partial charge in [-0.15, -0.1) is 0 Å². The van der Waals surface area contributed by atoms with Crippen molar-refractivity contribution >= 4 is 35.6 Å². The molecule has 0 fully saturated rings. The fraction of sp³-hybridized carbons (Fsp3) is 0.550. The number of rotatable bonds is 15. The molecule has 0 aliphatic heterocycles. The van der Waals surface area contributed by atoms with Crippen LogP contribution in [0.2, 0.25) is 0 Å². The van der Waals surface area contributed by atoms with Crippen molar-refractivity contribution in [2.24, 2.45) is 17.4 Å². The molecular formula is C20H31N7O8. The average Bonchev–Trinajstić information content (AvgIpc) is 3.28. The van der Waals surface area contributed by atoms with Crippen LogP contribution in [0, 0.1) is 5.92 Å². The largest absolute Gasteiger partial charge is 0.481 e. The maximum Gasteiger partial charge on any atom is 0.326 e. The summed E-state index contributed by atoms with van der Waals surface area (Å²) >= 11 is 0. The highest BCUT2D eigenvalue weighted by Gasteiger charge is 2.33. The van der Waals surface area contributed by atoms with Crippen LogP contribution in [0.15, 0.2) is 12.5 Å². The highest BCUT2D eigenvalue weighted by molar-refractivity contribution is 5.97. The lowest BCUT2D eigenvalue weighted by Gasteiger charge is -2.25. The molecule has 0 bridgehead atoms. The van der Waals surface area contributed by atoms with Crippen LogP contribution in [0.1, 0.15) is 38.8 Å². The lowest BCUT2D eigenvalue weighted by atomic mass is 9.99. The molecule has 1 heterocycles. The summed E-state index contributed by atoms with van der Waals surface area (Å²) in [5, 5.41) is 25.2. The number of aromatic nitrogens is 2. The second-order valence-corrected chi connectivity index (χ2v) is 7.98. The van der Waals surface area contributed by atoms with E-state index in [1.165, 1.54) is 12.5 Å². The molecule has 4 amide bonds. The zero-order valence-corrected chi connectivity index (χ0v) is 19.3. The normalized spacial score (nSPS) is 15.1. The van der Waals surface area contributed by atoms with E-state index < -0.39 is 72.6 Å². The molecule has 0 saturated heterocycles. The third-order valence-corrected chi connectivity index (χ3v) is 5.20. The molecule has 0 aliphatic rings. The first-order valence-corrected chi connectivity index (χ1v) is 10.7. The molecule has 0 radical (unpaired) electrons. The first-order valence-electron chi connectivity index (χ1n) is 10.7. The number of H-pyrrole nitrogens is 1. The number of carbonyl (C=O) groups is 6. The Labute approximate surface area is 200 Å². The summed E-state index contributed by atoms with van der Waals surface area (Å²) in [5.41, 5.74) is 11.4. The van der Waals surface area contributed by atoms with E-state index in [0.29, 0.717) is 12.1 Å². The number of nitrogens with one attached hydrogen (secondary N) is 4. The lowest BCUT2D eigenvalue weighted by molar-refractivity contribution is -0.144. The zero-order chi connectivity index (χ0) is 26.7. The Kier molecular flexibility index (Phi) is 11.3. The fourth-order valence-corrected chi connectivity index (χ4v) is 2.94. The van der Waals surface area contributed by atoms with Crippen LogP contribution in [-0.4, -0.2) is 79.9 Å². The van der Waals surface area contributed by atoms with Gasteiger partial charge in [0.2, 0.25) is 23.6 Å². The second-order valence-electron chi connectivity index (χ2n) is 7.98. The topological polar surface area (TPSA) is 260 Å². The van der Waals surface area contributed by atoms with Crippen LogP contribution < -0.4 is 27.4 Å². The van der Waals surface area contributed by atoms with Crippen LogP contribution in [0.25, 0.3) is 0 Å². The van der Waals surface area contributed by atoms with E-state index in [4.69, 9.17) is 16.6 Å². The van der Waals surface area contributed by atoms with E-state index in [1.807, 2.05) is 0 Å². The van der Waals surface area contributed by atoms with Gasteiger partial charge >= 0.3 is 11.9 Å². The van der Waals surface area contributed by atoms with Gasteiger partial charge in [0, 0.05) is 18.3 Å². The maximum atomic E-state index is 12.8. The number of aromatic amines is 1. The fourth-order valence-electron chi connectivity index (χ4n) is 2.94. The molecule has 0 aromatic carbocycles. The van der Waals surface area contributed by atoms with E-state index in [9.17, 15) is 33.9 Å². The summed E-state index contributed by atoms with van der Waals surface area (Å²) in [4.78, 5) is 78.5. The molecule has 5 unspecified atom stereocenters. The molecule has 35 heavy (non-hydrogen) atoms. The van der Waals surface area contributed by atoms with Crippen LogP contribution in [0.4, 0.5) is 0 Å². The van der Waals surface area contributed by atoms with Gasteiger partial charge in [0.05, 0.1) is 25.2 Å². The van der Waals surface area contributed by atoms with E-state index in [1.54, 1.807) is 13.8 Å². The molecule has 194 valence electrons. The van der Waals surface area contributed by atoms with Crippen LogP contribution in [-0.2, 0) is 35.2 Å². The van der Waals surface area contributed by atoms with Gasteiger partial charge in [-0.25, -0.2) is 9.78 Å². The quantitative estimate of drug-likeness (QED) is 0.123. The molecule has 10 N–H and O–H groups in total. The average molecular weight is 498 g/mol. The predicted molar refractivity (Wildman–Crippen MR) is 119 cm³/mol. The Bertz CT molecular complexity index is 921. The number of hydrogen-bond acceptors (Lipinski definition) is 8. The first kappa shape index (κ1) is 29.0. The number of nitrogens with two attached hydrogens (primary N) is 2. The number of hydrogen-bond donors (Lipinski definition) is 8. The third kappa shape index (κ3) is 9.79. The summed E-state index contributed by atoms with van der Waals surface area (Å²) in [6.07, 6.45) is 1.47. The molecule has 5 atom stereocenters. The van der Waals surface area contributed by atoms with Gasteiger partial charge in [-0.1, -0.05) is 20.3 Å². The minimum Gasteiger partial charge on any atom is -0.481 e. The van der Waals surface area contributed by atoms with Gasteiger partial charge in [0.15, 0.2) is 0 Å². The molecule has 1 rings (SSSR count). The molecule has 0 saturated carbocycles. The molecule has 15 nitrogen and oxygen atoms in total. The number of aliphatic carboxylic acids is 2. The molecular weight excluding hydrogens is 466 g/mol. The van der Waals surface area contributed by atoms with E-state index in [0.717, 1.165) is 0 Å². The van der Waals surface area contributed by atoms with Gasteiger partial charge in [0.1, 0.15) is 18.1 Å². The van der Waals surface area contributed by atoms with Gasteiger partial charge < -0.3 is 42.6 Å². The predicted octanol–water partition coefficient (Wildman–Crippen LogP) is -2.79. The van der Waals surface area contributed by atoms with Crippen molar-refractivity contribution in [3.63, 3.8) is 0 Å². The van der Waals surface area contributed by atoms with Gasteiger partial charge in [0.25, 0.3) is 0 Å². The minimum atomic E-state index is -1.72. The number of carboxylic acid groups (broad SMARTS) is 2. The van der Waals surface area contributed by atoms with Gasteiger partial charge in [-0.2, -0.15) is 0 Å². The summed E-state index contributed by atoms with van der Waals surface area (Å²) in [6, 6.07) is -5.73. The molecule has 0 spiro atoms. The molecule has 1 aromatic rings. The monoisotopic (exact) mass is 497 g/mol.